The van der Waals surface area contributed by atoms with Gasteiger partial charge in [0.15, 0.2) is 0 Å². The Kier molecular flexibility index (Phi) is 36.4. The van der Waals surface area contributed by atoms with E-state index in [1.54, 1.807) is 0 Å². The van der Waals surface area contributed by atoms with Gasteiger partial charge in [-0.25, -0.2) is 0 Å². The van der Waals surface area contributed by atoms with Crippen molar-refractivity contribution in [2.45, 2.75) is 80.1 Å². The molecule has 0 spiro atoms. The van der Waals surface area contributed by atoms with E-state index in [1.165, 1.54) is 0 Å². The number of hydrogen-bond acceptors (Lipinski definition) is 6. The zero-order valence-electron chi connectivity index (χ0n) is 20.1. The normalized spacial score (nSPS) is 9.10. The molecule has 0 fully saturated rings. The number of nitrogens with zero attached hydrogens (tertiary/aromatic N) is 3. The maximum absolute atomic E-state index is 4.89. The average molecular weight is 585 g/mol. The Balaban J connectivity index is -0.000000174. The maximum atomic E-state index is 4.89. The Morgan fingerprint density at radius 2 is 0.581 bits per heavy atom. The summed E-state index contributed by atoms with van der Waals surface area (Å²) in [4.78, 5) is 6.22. The van der Waals surface area contributed by atoms with Crippen molar-refractivity contribution in [3.8, 4) is 0 Å². The van der Waals surface area contributed by atoms with Crippen LogP contribution in [0.1, 0.15) is 80.1 Å². The smallest absolute Gasteiger partial charge is 0.411 e. The molecule has 0 saturated carbocycles. The monoisotopic (exact) mass is 584 g/mol. The molecular weight excluding hydrogens is 542 g/mol. The molecule has 0 aliphatic rings. The minimum absolute atomic E-state index is 0. The molecule has 0 aromatic carbocycles. The van der Waals surface area contributed by atoms with Gasteiger partial charge in [-0.3, -0.25) is 0 Å². The quantitative estimate of drug-likeness (QED) is 0.158. The summed E-state index contributed by atoms with van der Waals surface area (Å²) in [5.74, 6) is 0. The van der Waals surface area contributed by atoms with E-state index in [0.717, 1.165) is 77.8 Å². The van der Waals surface area contributed by atoms with Crippen molar-refractivity contribution in [1.29, 1.82) is 0 Å². The Labute approximate surface area is 236 Å². The summed E-state index contributed by atoms with van der Waals surface area (Å²) in [6, 6.07) is 0. The molecule has 10 heteroatoms. The SMILES string of the molecule is CCCN(CCC)C(=S)[S-].CCCN(CCC)C(=S)[S-].CCCN(CCC)C(=S)[S-].[Fe+3]. The van der Waals surface area contributed by atoms with Gasteiger partial charge in [0.05, 0.1) is 0 Å². The van der Waals surface area contributed by atoms with Crippen LogP contribution in [0.5, 0.6) is 0 Å². The van der Waals surface area contributed by atoms with Crippen molar-refractivity contribution in [2.75, 3.05) is 39.3 Å². The molecule has 0 rings (SSSR count). The van der Waals surface area contributed by atoms with Crippen LogP contribution in [0.2, 0.25) is 0 Å². The molecule has 0 aromatic heterocycles. The third-order valence-electron chi connectivity index (χ3n) is 3.74. The number of rotatable bonds is 12. The van der Waals surface area contributed by atoms with E-state index >= 15 is 0 Å². The Hall–Kier alpha value is 0.849. The van der Waals surface area contributed by atoms with Crippen molar-refractivity contribution in [3.05, 3.63) is 0 Å². The maximum Gasteiger partial charge on any atom is 3.00 e. The molecule has 0 amide bonds. The van der Waals surface area contributed by atoms with Crippen LogP contribution in [0.15, 0.2) is 0 Å². The summed E-state index contributed by atoms with van der Waals surface area (Å²) in [7, 11) is 0. The van der Waals surface area contributed by atoms with Gasteiger partial charge in [0, 0.05) is 39.3 Å². The van der Waals surface area contributed by atoms with Gasteiger partial charge in [0.25, 0.3) is 0 Å². The van der Waals surface area contributed by atoms with E-state index in [-0.39, 0.29) is 17.1 Å². The van der Waals surface area contributed by atoms with Crippen molar-refractivity contribution in [3.63, 3.8) is 0 Å². The topological polar surface area (TPSA) is 9.72 Å². The standard InChI is InChI=1S/3C7H15NS2.Fe/c3*1-3-5-8(6-4-2)7(9)10;/h3*3-6H2,1-2H3,(H,9,10);/q;;;+3/p-3. The molecule has 0 heterocycles. The third kappa shape index (κ3) is 27.0. The predicted octanol–water partition coefficient (Wildman–Crippen LogP) is 5.82. The Morgan fingerprint density at radius 1 is 0.452 bits per heavy atom. The summed E-state index contributed by atoms with van der Waals surface area (Å²) in [5, 5.41) is 0. The average Bonchev–Trinajstić information content (AvgIpc) is 2.68. The second-order valence-corrected chi connectivity index (χ2v) is 9.85. The second-order valence-electron chi connectivity index (χ2n) is 6.76. The van der Waals surface area contributed by atoms with Crippen LogP contribution in [0.4, 0.5) is 0 Å². The molecule has 0 N–H and O–H groups in total. The summed E-state index contributed by atoms with van der Waals surface area (Å²) >= 11 is 29.3. The van der Waals surface area contributed by atoms with Crippen molar-refractivity contribution in [1.82, 2.24) is 14.7 Å². The summed E-state index contributed by atoms with van der Waals surface area (Å²) in [6.45, 7) is 18.9. The minimum atomic E-state index is 0. The second kappa shape index (κ2) is 28.9. The molecule has 0 atom stereocenters. The molecule has 0 aliphatic heterocycles. The first-order valence-electron chi connectivity index (χ1n) is 11.0. The first-order valence-corrected chi connectivity index (χ1v) is 13.5. The van der Waals surface area contributed by atoms with Gasteiger partial charge in [-0.05, 0) is 38.5 Å². The molecule has 3 nitrogen and oxygen atoms in total. The van der Waals surface area contributed by atoms with E-state index in [0.29, 0.717) is 13.0 Å². The van der Waals surface area contributed by atoms with Gasteiger partial charge < -0.3 is 89.2 Å². The van der Waals surface area contributed by atoms with Gasteiger partial charge in [-0.15, -0.1) is 0 Å². The zero-order chi connectivity index (χ0) is 23.9. The summed E-state index contributed by atoms with van der Waals surface area (Å²) in [5.41, 5.74) is 0. The molecule has 0 unspecified atom stereocenters. The minimum Gasteiger partial charge on any atom is -0.411 e. The van der Waals surface area contributed by atoms with E-state index in [4.69, 9.17) is 74.5 Å². The zero-order valence-corrected chi connectivity index (χ0v) is 26.1. The van der Waals surface area contributed by atoms with Crippen LogP contribution >= 0.6 is 36.7 Å². The molecule has 0 bridgehead atoms. The first kappa shape index (κ1) is 39.1. The Morgan fingerprint density at radius 3 is 0.645 bits per heavy atom. The molecule has 31 heavy (non-hydrogen) atoms. The van der Waals surface area contributed by atoms with Crippen molar-refractivity contribution in [2.24, 2.45) is 0 Å². The molecule has 0 aromatic rings. The van der Waals surface area contributed by atoms with Crippen LogP contribution < -0.4 is 0 Å². The number of thiocarbonyl (C=S) groups is 3. The van der Waals surface area contributed by atoms with Gasteiger partial charge in [0.1, 0.15) is 0 Å². The van der Waals surface area contributed by atoms with E-state index in [2.05, 4.69) is 56.2 Å². The van der Waals surface area contributed by atoms with Crippen LogP contribution in [-0.4, -0.2) is 66.9 Å². The van der Waals surface area contributed by atoms with Gasteiger partial charge in [0.2, 0.25) is 0 Å². The summed E-state index contributed by atoms with van der Waals surface area (Å²) < 4.78 is 1.84. The molecule has 0 saturated heterocycles. The first-order chi connectivity index (χ1) is 14.2. The molecular formula is C21H42FeN3S6. The van der Waals surface area contributed by atoms with Gasteiger partial charge in [-0.2, -0.15) is 0 Å². The molecule has 185 valence electrons. The summed E-state index contributed by atoms with van der Waals surface area (Å²) in [6.07, 6.45) is 6.73. The molecule has 1 radical (unpaired) electrons. The van der Waals surface area contributed by atoms with Crippen LogP contribution in [0.25, 0.3) is 0 Å². The number of hydrogen-bond donors (Lipinski definition) is 0. The van der Waals surface area contributed by atoms with Gasteiger partial charge >= 0.3 is 17.1 Å². The van der Waals surface area contributed by atoms with Crippen LogP contribution in [0.3, 0.4) is 0 Å². The van der Waals surface area contributed by atoms with E-state index in [1.807, 2.05) is 0 Å². The molecule has 0 aliphatic carbocycles. The largest absolute Gasteiger partial charge is 3.00 e. The Bertz CT molecular complexity index is 362. The van der Waals surface area contributed by atoms with E-state index < -0.39 is 0 Å². The van der Waals surface area contributed by atoms with Crippen LogP contribution in [0, 0.1) is 0 Å². The van der Waals surface area contributed by atoms with Crippen molar-refractivity contribution < 1.29 is 17.1 Å². The predicted molar refractivity (Wildman–Crippen MR) is 156 cm³/mol. The fourth-order valence-electron chi connectivity index (χ4n) is 2.50. The van der Waals surface area contributed by atoms with Gasteiger partial charge in [-0.1, -0.05) is 54.5 Å². The fourth-order valence-corrected chi connectivity index (χ4v) is 3.60. The third-order valence-corrected chi connectivity index (χ3v) is 5.28. The van der Waals surface area contributed by atoms with Crippen LogP contribution in [-0.2, 0) is 55.0 Å². The fraction of sp³-hybridized carbons (Fsp3) is 0.857. The van der Waals surface area contributed by atoms with Crippen molar-refractivity contribution >= 4 is 87.5 Å². The van der Waals surface area contributed by atoms with E-state index in [9.17, 15) is 0 Å².